The number of pyridine rings is 1. The molecular formula is C47H52F3N7O7S. The first-order valence-electron chi connectivity index (χ1n) is 21.7. The van der Waals surface area contributed by atoms with Gasteiger partial charge < -0.3 is 24.7 Å². The lowest BCUT2D eigenvalue weighted by molar-refractivity contribution is -0.384. The van der Waals surface area contributed by atoms with E-state index in [0.717, 1.165) is 85.4 Å². The number of nitrogens with one attached hydrogen (secondary N) is 3. The first-order valence-corrected chi connectivity index (χ1v) is 23.2. The number of rotatable bonds is 13. The van der Waals surface area contributed by atoms with E-state index in [-0.39, 0.29) is 34.6 Å². The second kappa shape index (κ2) is 18.5. The highest BCUT2D eigenvalue weighted by molar-refractivity contribution is 7.90. The van der Waals surface area contributed by atoms with E-state index < -0.39 is 43.2 Å². The number of H-pyrrole nitrogens is 1. The van der Waals surface area contributed by atoms with Crippen molar-refractivity contribution >= 4 is 49.6 Å². The number of hydrogen-bond donors (Lipinski definition) is 3. The van der Waals surface area contributed by atoms with E-state index >= 15 is 0 Å². The molecule has 1 aliphatic heterocycles. The zero-order chi connectivity index (χ0) is 46.1. The average molecular weight is 916 g/mol. The van der Waals surface area contributed by atoms with Crippen LogP contribution in [0.2, 0.25) is 0 Å². The summed E-state index contributed by atoms with van der Waals surface area (Å²) in [4.78, 5) is 36.9. The second-order valence-electron chi connectivity index (χ2n) is 17.9. The summed E-state index contributed by atoms with van der Waals surface area (Å²) >= 11 is 0. The average Bonchev–Trinajstić information content (AvgIpc) is 3.75. The standard InChI is InChI=1S/C47H52F3N7O7S/c1-46(2)18-16-32(40(27-46)30-4-6-33(7-5-30)47(48,49)50)29-55-20-22-56(23-21-55)35-10-14-39(43(25-35)64-37-24-31-17-19-51-44(31)52-28-37)45(58)54-65(61,62)38-13-15-41(42(26-38)57(59)60)53-34-8-11-36(63-3)12-9-34/h4-7,10,13-15,17,19,24-26,28,34,36,53H,8-9,11-12,16,18,20-23,27,29H2,1-3H3,(H,51,52)(H,54,58)/t34-,36-. The molecule has 0 atom stereocenters. The number of halogens is 3. The molecule has 3 N–H and O–H groups in total. The number of ether oxygens (including phenoxy) is 2. The van der Waals surface area contributed by atoms with Gasteiger partial charge >= 0.3 is 6.18 Å². The topological polar surface area (TPSA) is 172 Å². The van der Waals surface area contributed by atoms with E-state index in [0.29, 0.717) is 44.1 Å². The molecule has 65 heavy (non-hydrogen) atoms. The number of aromatic amines is 1. The molecule has 3 aliphatic rings. The molecule has 8 rings (SSSR count). The molecule has 2 aromatic heterocycles. The van der Waals surface area contributed by atoms with Gasteiger partial charge in [0.2, 0.25) is 0 Å². The Hall–Kier alpha value is -5.98. The molecule has 0 spiro atoms. The molecule has 1 saturated heterocycles. The van der Waals surface area contributed by atoms with E-state index in [4.69, 9.17) is 9.47 Å². The lowest BCUT2D eigenvalue weighted by atomic mass is 9.72. The Morgan fingerprint density at radius 3 is 2.42 bits per heavy atom. The van der Waals surface area contributed by atoms with Gasteiger partial charge in [0, 0.05) is 75.3 Å². The van der Waals surface area contributed by atoms with E-state index in [1.54, 1.807) is 43.6 Å². The number of carbonyl (C=O) groups is 1. The zero-order valence-corrected chi connectivity index (χ0v) is 37.2. The minimum atomic E-state index is -4.61. The molecule has 14 nitrogen and oxygen atoms in total. The molecule has 5 aromatic rings. The number of carbonyl (C=O) groups excluding carboxylic acids is 1. The van der Waals surface area contributed by atoms with Crippen molar-refractivity contribution in [2.75, 3.05) is 50.1 Å². The van der Waals surface area contributed by atoms with E-state index in [1.165, 1.54) is 30.0 Å². The van der Waals surface area contributed by atoms with Crippen LogP contribution in [-0.4, -0.2) is 86.1 Å². The van der Waals surface area contributed by atoms with Crippen molar-refractivity contribution in [3.63, 3.8) is 0 Å². The maximum absolute atomic E-state index is 13.9. The van der Waals surface area contributed by atoms with Crippen molar-refractivity contribution in [1.29, 1.82) is 0 Å². The van der Waals surface area contributed by atoms with Gasteiger partial charge in [-0.1, -0.05) is 31.6 Å². The molecule has 1 amide bonds. The van der Waals surface area contributed by atoms with Crippen LogP contribution in [0.5, 0.6) is 11.5 Å². The number of alkyl halides is 3. The van der Waals surface area contributed by atoms with Gasteiger partial charge in [0.1, 0.15) is 22.8 Å². The summed E-state index contributed by atoms with van der Waals surface area (Å²) < 4.78 is 81.4. The first kappa shape index (κ1) is 45.6. The minimum absolute atomic E-state index is 0.0183. The van der Waals surface area contributed by atoms with Crippen molar-refractivity contribution < 1.29 is 40.8 Å². The second-order valence-corrected chi connectivity index (χ2v) is 19.5. The highest BCUT2D eigenvalue weighted by atomic mass is 32.2. The van der Waals surface area contributed by atoms with Gasteiger partial charge in [0.25, 0.3) is 21.6 Å². The Morgan fingerprint density at radius 1 is 0.985 bits per heavy atom. The van der Waals surface area contributed by atoms with Crippen LogP contribution in [0.15, 0.2) is 95.7 Å². The molecule has 3 heterocycles. The number of allylic oxidation sites excluding steroid dienone is 1. The third-order valence-corrected chi connectivity index (χ3v) is 14.1. The Labute approximate surface area is 375 Å². The number of nitrogens with zero attached hydrogens (tertiary/aromatic N) is 4. The first-order chi connectivity index (χ1) is 30.9. The summed E-state index contributed by atoms with van der Waals surface area (Å²) in [5.74, 6) is -0.628. The van der Waals surface area contributed by atoms with Crippen molar-refractivity contribution in [1.82, 2.24) is 19.6 Å². The number of nitro groups is 1. The highest BCUT2D eigenvalue weighted by Crippen LogP contribution is 2.44. The molecular weight excluding hydrogens is 864 g/mol. The summed E-state index contributed by atoms with van der Waals surface area (Å²) in [6.45, 7) is 7.67. The molecule has 18 heteroatoms. The third kappa shape index (κ3) is 10.6. The van der Waals surface area contributed by atoms with Gasteiger partial charge in [-0.3, -0.25) is 19.8 Å². The van der Waals surface area contributed by atoms with Gasteiger partial charge in [-0.25, -0.2) is 18.1 Å². The Morgan fingerprint density at radius 2 is 1.72 bits per heavy atom. The largest absolute Gasteiger partial charge is 0.455 e. The van der Waals surface area contributed by atoms with Crippen LogP contribution < -0.4 is 19.7 Å². The molecule has 2 aliphatic carbocycles. The zero-order valence-electron chi connectivity index (χ0n) is 36.4. The van der Waals surface area contributed by atoms with Crippen LogP contribution in [-0.2, 0) is 20.9 Å². The summed E-state index contributed by atoms with van der Waals surface area (Å²) in [7, 11) is -2.95. The molecule has 0 bridgehead atoms. The Kier molecular flexibility index (Phi) is 13.0. The maximum atomic E-state index is 13.9. The van der Waals surface area contributed by atoms with Crippen molar-refractivity contribution in [2.45, 2.75) is 82.0 Å². The fourth-order valence-electron chi connectivity index (χ4n) is 9.04. The van der Waals surface area contributed by atoms with Gasteiger partial charge in [0.15, 0.2) is 0 Å². The monoisotopic (exact) mass is 915 g/mol. The predicted molar refractivity (Wildman–Crippen MR) is 242 cm³/mol. The number of piperazine rings is 1. The summed E-state index contributed by atoms with van der Waals surface area (Å²) in [6.07, 6.45) is 4.58. The third-order valence-electron chi connectivity index (χ3n) is 12.8. The lowest BCUT2D eigenvalue weighted by Gasteiger charge is -2.39. The molecule has 0 unspecified atom stereocenters. The van der Waals surface area contributed by atoms with Gasteiger partial charge in [-0.15, -0.1) is 0 Å². The Balaban J connectivity index is 1.00. The quantitative estimate of drug-likeness (QED) is 0.0759. The molecule has 1 saturated carbocycles. The molecule has 0 radical (unpaired) electrons. The number of fused-ring (bicyclic) bond motifs is 1. The van der Waals surface area contributed by atoms with Crippen LogP contribution in [0.4, 0.5) is 30.2 Å². The van der Waals surface area contributed by atoms with Crippen LogP contribution in [0, 0.1) is 15.5 Å². The molecule has 344 valence electrons. The molecule has 3 aromatic carbocycles. The summed E-state index contributed by atoms with van der Waals surface area (Å²) in [5.41, 5.74) is 3.51. The van der Waals surface area contributed by atoms with Crippen molar-refractivity contribution in [2.24, 2.45) is 5.41 Å². The van der Waals surface area contributed by atoms with Crippen molar-refractivity contribution in [3.05, 3.63) is 118 Å². The van der Waals surface area contributed by atoms with Crippen molar-refractivity contribution in [3.8, 4) is 11.5 Å². The summed E-state index contributed by atoms with van der Waals surface area (Å²) in [5, 5.41) is 16.1. The number of nitro benzene ring substituents is 1. The molecule has 2 fully saturated rings. The SMILES string of the molecule is CO[C@H]1CC[C@H](Nc2ccc(S(=O)(=O)NC(=O)c3ccc(N4CCN(CC5=C(c6ccc(C(F)(F)F)cc6)CC(C)(C)CC5)CC4)cc3Oc3cnc4[nH]ccc4c3)cc2[N+](=O)[O-])CC1. The van der Waals surface area contributed by atoms with Gasteiger partial charge in [-0.05, 0) is 110 Å². The summed E-state index contributed by atoms with van der Waals surface area (Å²) in [6, 6.07) is 17.4. The minimum Gasteiger partial charge on any atom is -0.455 e. The maximum Gasteiger partial charge on any atom is 0.416 e. The van der Waals surface area contributed by atoms with Gasteiger partial charge in [0.05, 0.1) is 33.2 Å². The van der Waals surface area contributed by atoms with E-state index in [1.807, 2.05) is 6.07 Å². The number of hydrogen-bond acceptors (Lipinski definition) is 11. The number of sulfonamides is 1. The predicted octanol–water partition coefficient (Wildman–Crippen LogP) is 9.56. The number of methoxy groups -OCH3 is 1. The smallest absolute Gasteiger partial charge is 0.416 e. The van der Waals surface area contributed by atoms with Crippen LogP contribution in [0.1, 0.15) is 80.3 Å². The fourth-order valence-corrected chi connectivity index (χ4v) is 10.0. The van der Waals surface area contributed by atoms with Crippen LogP contribution in [0.25, 0.3) is 16.6 Å². The number of amides is 1. The van der Waals surface area contributed by atoms with Crippen LogP contribution in [0.3, 0.4) is 0 Å². The Bertz CT molecular complexity index is 2710. The van der Waals surface area contributed by atoms with E-state index in [9.17, 15) is 36.5 Å². The lowest BCUT2D eigenvalue weighted by Crippen LogP contribution is -2.47. The number of benzene rings is 3. The van der Waals surface area contributed by atoms with E-state index in [2.05, 4.69) is 43.7 Å². The number of aromatic nitrogens is 2. The highest BCUT2D eigenvalue weighted by Gasteiger charge is 2.33. The normalized spacial score (nSPS) is 19.6. The van der Waals surface area contributed by atoms with Crippen LogP contribution >= 0.6 is 0 Å². The number of anilines is 2. The fraction of sp³-hybridized carbons (Fsp3) is 0.404. The van der Waals surface area contributed by atoms with Gasteiger partial charge in [-0.2, -0.15) is 13.2 Å².